The number of hydrogen-bond donors (Lipinski definition) is 2. The minimum Gasteiger partial charge on any atom is -0.454 e. The Morgan fingerprint density at radius 1 is 0.939 bits per heavy atom. The van der Waals surface area contributed by atoms with Crippen molar-refractivity contribution in [2.75, 3.05) is 6.79 Å². The van der Waals surface area contributed by atoms with Crippen LogP contribution in [0.5, 0.6) is 11.5 Å². The van der Waals surface area contributed by atoms with Crippen molar-refractivity contribution in [3.63, 3.8) is 0 Å². The van der Waals surface area contributed by atoms with E-state index in [2.05, 4.69) is 15.8 Å². The zero-order valence-electron chi connectivity index (χ0n) is 17.0. The van der Waals surface area contributed by atoms with Gasteiger partial charge in [-0.15, -0.1) is 0 Å². The van der Waals surface area contributed by atoms with E-state index >= 15 is 0 Å². The van der Waals surface area contributed by atoms with Gasteiger partial charge in [0.15, 0.2) is 11.5 Å². The Kier molecular flexibility index (Phi) is 6.92. The van der Waals surface area contributed by atoms with Gasteiger partial charge in [-0.1, -0.05) is 53.5 Å². The summed E-state index contributed by atoms with van der Waals surface area (Å²) >= 11 is 12.0. The molecule has 0 spiro atoms. The van der Waals surface area contributed by atoms with Crippen LogP contribution >= 0.6 is 23.2 Å². The second-order valence-corrected chi connectivity index (χ2v) is 7.70. The van der Waals surface area contributed by atoms with Crippen LogP contribution in [-0.4, -0.2) is 24.8 Å². The number of halogens is 2. The molecule has 0 fully saturated rings. The van der Waals surface area contributed by atoms with Gasteiger partial charge in [-0.05, 0) is 48.0 Å². The van der Waals surface area contributed by atoms with Crippen LogP contribution in [0.2, 0.25) is 10.0 Å². The first-order valence-electron chi connectivity index (χ1n) is 9.76. The number of nitrogens with one attached hydrogen (secondary N) is 2. The van der Waals surface area contributed by atoms with Crippen LogP contribution < -0.4 is 20.2 Å². The molecule has 2 N–H and O–H groups in total. The molecule has 166 valence electrons. The molecule has 1 aliphatic heterocycles. The second-order valence-electron chi connectivity index (χ2n) is 6.86. The largest absolute Gasteiger partial charge is 0.454 e. The molecule has 0 atom stereocenters. The first-order chi connectivity index (χ1) is 16.0. The fraction of sp³-hybridized carbons (Fsp3) is 0.0417. The molecule has 1 aliphatic rings. The van der Waals surface area contributed by atoms with Gasteiger partial charge in [-0.3, -0.25) is 9.59 Å². The third-order valence-corrected chi connectivity index (χ3v) is 5.13. The maximum atomic E-state index is 12.9. The van der Waals surface area contributed by atoms with Crippen LogP contribution in [0.1, 0.15) is 21.5 Å². The number of amides is 2. The van der Waals surface area contributed by atoms with Gasteiger partial charge in [-0.2, -0.15) is 5.10 Å². The summed E-state index contributed by atoms with van der Waals surface area (Å²) in [5, 5.41) is 7.45. The van der Waals surface area contributed by atoms with Crippen molar-refractivity contribution in [2.45, 2.75) is 0 Å². The Bertz CT molecular complexity index is 1260. The molecule has 1 heterocycles. The maximum absolute atomic E-state index is 12.9. The summed E-state index contributed by atoms with van der Waals surface area (Å²) in [5.74, 6) is 0.0879. The van der Waals surface area contributed by atoms with Gasteiger partial charge in [0.25, 0.3) is 11.8 Å². The molecule has 0 bridgehead atoms. The summed E-state index contributed by atoms with van der Waals surface area (Å²) in [4.78, 5) is 25.5. The zero-order valence-corrected chi connectivity index (χ0v) is 18.6. The summed E-state index contributed by atoms with van der Waals surface area (Å²) in [6, 6.07) is 18.6. The Labute approximate surface area is 199 Å². The third-order valence-electron chi connectivity index (χ3n) is 4.57. The molecule has 0 saturated carbocycles. The van der Waals surface area contributed by atoms with Crippen molar-refractivity contribution in [1.29, 1.82) is 0 Å². The first kappa shape index (κ1) is 22.4. The summed E-state index contributed by atoms with van der Waals surface area (Å²) in [5.41, 5.74) is 3.98. The predicted molar refractivity (Wildman–Crippen MR) is 127 cm³/mol. The number of hydrazone groups is 1. The highest BCUT2D eigenvalue weighted by atomic mass is 35.5. The summed E-state index contributed by atoms with van der Waals surface area (Å²) in [6.45, 7) is 0.128. The van der Waals surface area contributed by atoms with Crippen LogP contribution in [0.25, 0.3) is 6.08 Å². The third kappa shape index (κ3) is 5.71. The van der Waals surface area contributed by atoms with E-state index in [1.54, 1.807) is 66.7 Å². The van der Waals surface area contributed by atoms with Gasteiger partial charge < -0.3 is 14.8 Å². The standard InChI is InChI=1S/C24H17Cl2N3O4/c25-18-8-7-17(19(26)12-18)13-27-29-24(31)20(28-23(30)16-4-2-1-3-5-16)10-15-6-9-21-22(11-15)33-14-32-21/h1-13H,14H2,(H,28,30)(H,29,31)/b20-10+,27-13-. The van der Waals surface area contributed by atoms with Gasteiger partial charge in [-0.25, -0.2) is 5.43 Å². The Morgan fingerprint density at radius 2 is 1.73 bits per heavy atom. The molecule has 0 aliphatic carbocycles. The summed E-state index contributed by atoms with van der Waals surface area (Å²) in [6.07, 6.45) is 2.90. The number of carbonyl (C=O) groups excluding carboxylic acids is 2. The minimum absolute atomic E-state index is 0.0120. The van der Waals surface area contributed by atoms with Crippen LogP contribution in [0.4, 0.5) is 0 Å². The molecule has 0 unspecified atom stereocenters. The van der Waals surface area contributed by atoms with Crippen molar-refractivity contribution in [2.24, 2.45) is 5.10 Å². The molecule has 2 amide bonds. The van der Waals surface area contributed by atoms with E-state index in [-0.39, 0.29) is 12.5 Å². The molecule has 7 nitrogen and oxygen atoms in total. The van der Waals surface area contributed by atoms with Crippen molar-refractivity contribution >= 4 is 47.3 Å². The average molecular weight is 482 g/mol. The highest BCUT2D eigenvalue weighted by molar-refractivity contribution is 6.36. The predicted octanol–water partition coefficient (Wildman–Crippen LogP) is 4.64. The normalized spacial score (nSPS) is 12.6. The number of rotatable bonds is 6. The fourth-order valence-corrected chi connectivity index (χ4v) is 3.40. The molecule has 0 radical (unpaired) electrons. The molecule has 33 heavy (non-hydrogen) atoms. The molecule has 0 aromatic heterocycles. The molecule has 4 rings (SSSR count). The highest BCUT2D eigenvalue weighted by Crippen LogP contribution is 2.33. The van der Waals surface area contributed by atoms with Crippen LogP contribution in [-0.2, 0) is 4.79 Å². The van der Waals surface area contributed by atoms with Gasteiger partial charge in [0.2, 0.25) is 6.79 Å². The Balaban J connectivity index is 1.56. The van der Waals surface area contributed by atoms with E-state index < -0.39 is 11.8 Å². The van der Waals surface area contributed by atoms with Crippen LogP contribution in [0.3, 0.4) is 0 Å². The quantitative estimate of drug-likeness (QED) is 0.304. The fourth-order valence-electron chi connectivity index (χ4n) is 2.94. The minimum atomic E-state index is -0.627. The lowest BCUT2D eigenvalue weighted by Crippen LogP contribution is -2.32. The van der Waals surface area contributed by atoms with Gasteiger partial charge in [0, 0.05) is 16.1 Å². The van der Waals surface area contributed by atoms with Crippen molar-refractivity contribution in [1.82, 2.24) is 10.7 Å². The smallest absolute Gasteiger partial charge is 0.287 e. The van der Waals surface area contributed by atoms with E-state index in [4.69, 9.17) is 32.7 Å². The van der Waals surface area contributed by atoms with Gasteiger partial charge in [0.1, 0.15) is 5.70 Å². The van der Waals surface area contributed by atoms with Gasteiger partial charge in [0.05, 0.1) is 11.2 Å². The monoisotopic (exact) mass is 481 g/mol. The zero-order chi connectivity index (χ0) is 23.2. The number of ether oxygens (including phenoxy) is 2. The van der Waals surface area contributed by atoms with E-state index in [9.17, 15) is 9.59 Å². The van der Waals surface area contributed by atoms with E-state index in [0.29, 0.717) is 38.2 Å². The number of carbonyl (C=O) groups is 2. The van der Waals surface area contributed by atoms with Crippen LogP contribution in [0, 0.1) is 0 Å². The molecular weight excluding hydrogens is 465 g/mol. The van der Waals surface area contributed by atoms with Gasteiger partial charge >= 0.3 is 0 Å². The molecule has 3 aromatic carbocycles. The topological polar surface area (TPSA) is 89.0 Å². The first-order valence-corrected chi connectivity index (χ1v) is 10.5. The van der Waals surface area contributed by atoms with Crippen molar-refractivity contribution < 1.29 is 19.1 Å². The number of nitrogens with zero attached hydrogens (tertiary/aromatic N) is 1. The lowest BCUT2D eigenvalue weighted by molar-refractivity contribution is -0.117. The molecular formula is C24H17Cl2N3O4. The number of fused-ring (bicyclic) bond motifs is 1. The lowest BCUT2D eigenvalue weighted by Gasteiger charge is -2.09. The summed E-state index contributed by atoms with van der Waals surface area (Å²) < 4.78 is 10.7. The van der Waals surface area contributed by atoms with Crippen molar-refractivity contribution in [3.05, 3.63) is 99.2 Å². The summed E-state index contributed by atoms with van der Waals surface area (Å²) in [7, 11) is 0. The molecule has 0 saturated heterocycles. The van der Waals surface area contributed by atoms with Crippen LogP contribution in [0.15, 0.2) is 77.5 Å². The Hall–Kier alpha value is -3.81. The average Bonchev–Trinajstić information content (AvgIpc) is 3.28. The maximum Gasteiger partial charge on any atom is 0.287 e. The molecule has 9 heteroatoms. The van der Waals surface area contributed by atoms with E-state index in [1.165, 1.54) is 12.3 Å². The highest BCUT2D eigenvalue weighted by Gasteiger charge is 2.17. The van der Waals surface area contributed by atoms with E-state index in [1.807, 2.05) is 0 Å². The molecule has 3 aromatic rings. The second kappa shape index (κ2) is 10.2. The number of benzene rings is 3. The van der Waals surface area contributed by atoms with Crippen molar-refractivity contribution in [3.8, 4) is 11.5 Å². The Morgan fingerprint density at radius 3 is 2.52 bits per heavy atom. The SMILES string of the molecule is O=C(N/N=C\c1ccc(Cl)cc1Cl)/C(=C\c1ccc2c(c1)OCO2)NC(=O)c1ccccc1. The number of hydrogen-bond acceptors (Lipinski definition) is 5. The lowest BCUT2D eigenvalue weighted by atomic mass is 10.1. The van der Waals surface area contributed by atoms with E-state index in [0.717, 1.165) is 0 Å².